The van der Waals surface area contributed by atoms with Crippen molar-refractivity contribution in [2.75, 3.05) is 26.8 Å². The minimum atomic E-state index is -0.294. The summed E-state index contributed by atoms with van der Waals surface area (Å²) in [4.78, 5) is 12.2. The number of hydrogen-bond acceptors (Lipinski definition) is 4. The van der Waals surface area contributed by atoms with E-state index in [4.69, 9.17) is 9.47 Å². The van der Waals surface area contributed by atoms with Gasteiger partial charge in [0.25, 0.3) is 0 Å². The number of amides is 1. The number of morpholine rings is 1. The summed E-state index contributed by atoms with van der Waals surface area (Å²) < 4.78 is 10.9. The number of carbonyl (C=O) groups is 1. The monoisotopic (exact) mass is 314 g/mol. The van der Waals surface area contributed by atoms with Crippen LogP contribution in [0.3, 0.4) is 0 Å². The van der Waals surface area contributed by atoms with Gasteiger partial charge in [-0.05, 0) is 12.5 Å². The first kappa shape index (κ1) is 17.9. The summed E-state index contributed by atoms with van der Waals surface area (Å²) in [6, 6.07) is 9.57. The molecule has 3 atom stereocenters. The summed E-state index contributed by atoms with van der Waals surface area (Å²) in [6.45, 7) is 3.70. The average Bonchev–Trinajstić information content (AvgIpc) is 2.49. The molecule has 1 heterocycles. The van der Waals surface area contributed by atoms with Crippen LogP contribution in [0.1, 0.15) is 18.6 Å². The van der Waals surface area contributed by atoms with E-state index in [0.29, 0.717) is 19.7 Å². The van der Waals surface area contributed by atoms with Crippen LogP contribution in [0.5, 0.6) is 0 Å². The van der Waals surface area contributed by atoms with Gasteiger partial charge in [0.1, 0.15) is 6.04 Å². The Hall–Kier alpha value is -1.14. The fraction of sp³-hybridized carbons (Fsp3) is 0.533. The van der Waals surface area contributed by atoms with Gasteiger partial charge in [0.2, 0.25) is 5.91 Å². The van der Waals surface area contributed by atoms with E-state index in [2.05, 4.69) is 10.6 Å². The highest BCUT2D eigenvalue weighted by Gasteiger charge is 2.28. The van der Waals surface area contributed by atoms with Crippen molar-refractivity contribution in [3.8, 4) is 0 Å². The maximum atomic E-state index is 12.2. The molecule has 1 saturated heterocycles. The smallest absolute Gasteiger partial charge is 0.239 e. The zero-order chi connectivity index (χ0) is 14.4. The Morgan fingerprint density at radius 2 is 2.19 bits per heavy atom. The Balaban J connectivity index is 0.00000220. The molecule has 0 spiro atoms. The van der Waals surface area contributed by atoms with Gasteiger partial charge in [-0.1, -0.05) is 30.3 Å². The van der Waals surface area contributed by atoms with E-state index in [1.807, 2.05) is 37.3 Å². The number of nitrogens with one attached hydrogen (secondary N) is 2. The van der Waals surface area contributed by atoms with Crippen LogP contribution < -0.4 is 10.6 Å². The Bertz CT molecular complexity index is 430. The first-order valence-corrected chi connectivity index (χ1v) is 6.93. The van der Waals surface area contributed by atoms with Gasteiger partial charge < -0.3 is 20.1 Å². The molecule has 0 bridgehead atoms. The summed E-state index contributed by atoms with van der Waals surface area (Å²) in [7, 11) is 1.65. The molecule has 0 saturated carbocycles. The number of benzene rings is 1. The molecular formula is C15H23ClN2O3. The molecule has 0 aromatic heterocycles. The standard InChI is InChI=1S/C15H22N2O3.ClH/c1-11-14(16-8-9-20-11)15(18)17-10-13(19-2)12-6-4-3-5-7-12;/h3-7,11,13-14,16H,8-10H2,1-2H3,(H,17,18);1H/t11-,13?,14+;/m1./s1. The van der Waals surface area contributed by atoms with Crippen LogP contribution >= 0.6 is 12.4 Å². The van der Waals surface area contributed by atoms with Crippen molar-refractivity contribution < 1.29 is 14.3 Å². The summed E-state index contributed by atoms with van der Waals surface area (Å²) in [5, 5.41) is 6.10. The molecular weight excluding hydrogens is 292 g/mol. The SMILES string of the molecule is COC(CNC(=O)[C@H]1NCCO[C@@H]1C)c1ccccc1.Cl. The van der Waals surface area contributed by atoms with Gasteiger partial charge in [0.15, 0.2) is 0 Å². The minimum Gasteiger partial charge on any atom is -0.375 e. The number of rotatable bonds is 5. The molecule has 1 aliphatic rings. The lowest BCUT2D eigenvalue weighted by molar-refractivity contribution is -0.129. The lowest BCUT2D eigenvalue weighted by Gasteiger charge is -2.29. The van der Waals surface area contributed by atoms with E-state index in [1.54, 1.807) is 7.11 Å². The van der Waals surface area contributed by atoms with Crippen molar-refractivity contribution in [1.82, 2.24) is 10.6 Å². The maximum absolute atomic E-state index is 12.2. The Morgan fingerprint density at radius 1 is 1.48 bits per heavy atom. The van der Waals surface area contributed by atoms with Crippen LogP contribution in [-0.4, -0.2) is 44.9 Å². The van der Waals surface area contributed by atoms with Crippen molar-refractivity contribution in [1.29, 1.82) is 0 Å². The summed E-state index contributed by atoms with van der Waals surface area (Å²) in [5.41, 5.74) is 1.05. The third-order valence-electron chi connectivity index (χ3n) is 3.52. The topological polar surface area (TPSA) is 59.6 Å². The second-order valence-electron chi connectivity index (χ2n) is 4.89. The molecule has 2 rings (SSSR count). The number of halogens is 1. The van der Waals surface area contributed by atoms with Crippen LogP contribution in [-0.2, 0) is 14.3 Å². The van der Waals surface area contributed by atoms with Gasteiger partial charge >= 0.3 is 0 Å². The van der Waals surface area contributed by atoms with Crippen LogP contribution in [0, 0.1) is 0 Å². The summed E-state index contributed by atoms with van der Waals surface area (Å²) >= 11 is 0. The molecule has 118 valence electrons. The van der Waals surface area contributed by atoms with E-state index in [9.17, 15) is 4.79 Å². The second kappa shape index (κ2) is 9.00. The third-order valence-corrected chi connectivity index (χ3v) is 3.52. The van der Waals surface area contributed by atoms with Gasteiger partial charge in [0, 0.05) is 20.2 Å². The fourth-order valence-electron chi connectivity index (χ4n) is 2.34. The van der Waals surface area contributed by atoms with Gasteiger partial charge in [-0.25, -0.2) is 0 Å². The Labute approximate surface area is 131 Å². The number of hydrogen-bond donors (Lipinski definition) is 2. The minimum absolute atomic E-state index is 0. The van der Waals surface area contributed by atoms with Crippen molar-refractivity contribution in [3.05, 3.63) is 35.9 Å². The zero-order valence-corrected chi connectivity index (χ0v) is 13.2. The Morgan fingerprint density at radius 3 is 2.81 bits per heavy atom. The molecule has 21 heavy (non-hydrogen) atoms. The molecule has 1 amide bonds. The van der Waals surface area contributed by atoms with E-state index in [1.165, 1.54) is 0 Å². The molecule has 1 fully saturated rings. The van der Waals surface area contributed by atoms with Crippen LogP contribution in [0.15, 0.2) is 30.3 Å². The first-order chi connectivity index (χ1) is 9.72. The number of ether oxygens (including phenoxy) is 2. The van der Waals surface area contributed by atoms with Crippen molar-refractivity contribution in [2.45, 2.75) is 25.2 Å². The highest BCUT2D eigenvalue weighted by molar-refractivity contribution is 5.85. The van der Waals surface area contributed by atoms with Crippen LogP contribution in [0.4, 0.5) is 0 Å². The molecule has 0 radical (unpaired) electrons. The van der Waals surface area contributed by atoms with Crippen molar-refractivity contribution >= 4 is 18.3 Å². The number of carbonyl (C=O) groups excluding carboxylic acids is 1. The van der Waals surface area contributed by atoms with Gasteiger partial charge in [-0.3, -0.25) is 4.79 Å². The molecule has 1 unspecified atom stereocenters. The molecule has 5 nitrogen and oxygen atoms in total. The molecule has 2 N–H and O–H groups in total. The van der Waals surface area contributed by atoms with E-state index in [0.717, 1.165) is 5.56 Å². The maximum Gasteiger partial charge on any atom is 0.239 e. The van der Waals surface area contributed by atoms with Crippen LogP contribution in [0.25, 0.3) is 0 Å². The van der Waals surface area contributed by atoms with Crippen molar-refractivity contribution in [2.24, 2.45) is 0 Å². The molecule has 0 aliphatic carbocycles. The van der Waals surface area contributed by atoms with Crippen LogP contribution in [0.2, 0.25) is 0 Å². The predicted octanol–water partition coefficient (Wildman–Crippen LogP) is 1.29. The summed E-state index contributed by atoms with van der Waals surface area (Å²) in [5.74, 6) is -0.0461. The van der Waals surface area contributed by atoms with Gasteiger partial charge in [0.05, 0.1) is 18.8 Å². The third kappa shape index (κ3) is 4.97. The molecule has 1 aromatic rings. The highest BCUT2D eigenvalue weighted by Crippen LogP contribution is 2.15. The average molecular weight is 315 g/mol. The van der Waals surface area contributed by atoms with E-state index < -0.39 is 0 Å². The molecule has 1 aromatic carbocycles. The largest absolute Gasteiger partial charge is 0.375 e. The Kier molecular flexibility index (Phi) is 7.67. The van der Waals surface area contributed by atoms with Gasteiger partial charge in [-0.2, -0.15) is 0 Å². The molecule has 6 heteroatoms. The van der Waals surface area contributed by atoms with Gasteiger partial charge in [-0.15, -0.1) is 12.4 Å². The predicted molar refractivity (Wildman–Crippen MR) is 83.7 cm³/mol. The summed E-state index contributed by atoms with van der Waals surface area (Å²) in [6.07, 6.45) is -0.249. The van der Waals surface area contributed by atoms with Crippen molar-refractivity contribution in [3.63, 3.8) is 0 Å². The lowest BCUT2D eigenvalue weighted by atomic mass is 10.1. The van der Waals surface area contributed by atoms with E-state index >= 15 is 0 Å². The van der Waals surface area contributed by atoms with E-state index in [-0.39, 0.29) is 36.6 Å². The zero-order valence-electron chi connectivity index (χ0n) is 12.4. The highest BCUT2D eigenvalue weighted by atomic mass is 35.5. The number of methoxy groups -OCH3 is 1. The second-order valence-corrected chi connectivity index (χ2v) is 4.89. The quantitative estimate of drug-likeness (QED) is 0.860. The fourth-order valence-corrected chi connectivity index (χ4v) is 2.34. The lowest BCUT2D eigenvalue weighted by Crippen LogP contribution is -2.55. The molecule has 1 aliphatic heterocycles. The normalized spacial score (nSPS) is 23.0. The first-order valence-electron chi connectivity index (χ1n) is 6.93.